The maximum Gasteiger partial charge on any atom is 0.129 e. The van der Waals surface area contributed by atoms with E-state index in [2.05, 4.69) is 11.1 Å². The molecule has 4 heteroatoms. The van der Waals surface area contributed by atoms with Crippen LogP contribution in [0.4, 0.5) is 0 Å². The van der Waals surface area contributed by atoms with Gasteiger partial charge >= 0.3 is 0 Å². The first-order valence-corrected chi connectivity index (χ1v) is 6.82. The number of rotatable bonds is 2. The third-order valence-electron chi connectivity index (χ3n) is 3.35. The Kier molecular flexibility index (Phi) is 3.17. The molecule has 3 nitrogen and oxygen atoms in total. The molecule has 20 heavy (non-hydrogen) atoms. The van der Waals surface area contributed by atoms with Crippen LogP contribution >= 0.6 is 11.6 Å². The molecule has 98 valence electrons. The number of halogens is 1. The van der Waals surface area contributed by atoms with Crippen molar-refractivity contribution in [1.29, 1.82) is 5.26 Å². The Labute approximate surface area is 122 Å². The highest BCUT2D eigenvalue weighted by molar-refractivity contribution is 6.17. The van der Waals surface area contributed by atoms with E-state index in [4.69, 9.17) is 11.6 Å². The lowest BCUT2D eigenvalue weighted by Crippen LogP contribution is -2.01. The van der Waals surface area contributed by atoms with Crippen LogP contribution in [0.15, 0.2) is 42.5 Å². The molecule has 0 amide bonds. The van der Waals surface area contributed by atoms with E-state index in [1.54, 1.807) is 6.07 Å². The Morgan fingerprint density at radius 3 is 2.70 bits per heavy atom. The summed E-state index contributed by atoms with van der Waals surface area (Å²) >= 11 is 6.04. The van der Waals surface area contributed by atoms with E-state index in [0.29, 0.717) is 17.0 Å². The van der Waals surface area contributed by atoms with Crippen LogP contribution in [-0.2, 0) is 5.88 Å². The second-order valence-corrected chi connectivity index (χ2v) is 4.84. The van der Waals surface area contributed by atoms with Crippen molar-refractivity contribution < 1.29 is 0 Å². The summed E-state index contributed by atoms with van der Waals surface area (Å²) in [5.74, 6) is 1.05. The molecule has 0 N–H and O–H groups in total. The minimum atomic E-state index is 0.299. The van der Waals surface area contributed by atoms with E-state index >= 15 is 0 Å². The van der Waals surface area contributed by atoms with Gasteiger partial charge in [0, 0.05) is 0 Å². The van der Waals surface area contributed by atoms with Gasteiger partial charge in [0.2, 0.25) is 0 Å². The molecular formula is C16H12ClN3. The minimum Gasteiger partial charge on any atom is -0.295 e. The van der Waals surface area contributed by atoms with Crippen LogP contribution in [0.2, 0.25) is 0 Å². The van der Waals surface area contributed by atoms with Crippen molar-refractivity contribution in [3.63, 3.8) is 0 Å². The zero-order valence-electron chi connectivity index (χ0n) is 11.0. The van der Waals surface area contributed by atoms with Crippen LogP contribution in [0, 0.1) is 18.3 Å². The highest BCUT2D eigenvalue weighted by atomic mass is 35.5. The number of para-hydroxylation sites is 2. The van der Waals surface area contributed by atoms with Gasteiger partial charge in [0.25, 0.3) is 0 Å². The molecule has 1 heterocycles. The van der Waals surface area contributed by atoms with Gasteiger partial charge in [-0.1, -0.05) is 24.3 Å². The first-order chi connectivity index (χ1) is 9.76. The van der Waals surface area contributed by atoms with Gasteiger partial charge < -0.3 is 0 Å². The van der Waals surface area contributed by atoms with Crippen molar-refractivity contribution in [3.8, 4) is 11.8 Å². The number of benzene rings is 2. The molecule has 0 aliphatic carbocycles. The average Bonchev–Trinajstić information content (AvgIpc) is 2.86. The summed E-state index contributed by atoms with van der Waals surface area (Å²) in [6.45, 7) is 2.05. The van der Waals surface area contributed by atoms with Gasteiger partial charge in [-0.25, -0.2) is 4.98 Å². The summed E-state index contributed by atoms with van der Waals surface area (Å²) in [6.07, 6.45) is 0. The summed E-state index contributed by atoms with van der Waals surface area (Å²) in [5.41, 5.74) is 4.37. The van der Waals surface area contributed by atoms with Crippen LogP contribution in [-0.4, -0.2) is 9.55 Å². The number of fused-ring (bicyclic) bond motifs is 1. The summed E-state index contributed by atoms with van der Waals surface area (Å²) in [5, 5.41) is 9.20. The predicted octanol–water partition coefficient (Wildman–Crippen LogP) is 3.94. The number of alkyl halides is 1. The van der Waals surface area contributed by atoms with Crippen LogP contribution in [0.5, 0.6) is 0 Å². The van der Waals surface area contributed by atoms with Crippen molar-refractivity contribution >= 4 is 22.6 Å². The molecule has 0 atom stereocenters. The number of hydrogen-bond acceptors (Lipinski definition) is 2. The van der Waals surface area contributed by atoms with Crippen molar-refractivity contribution in [2.75, 3.05) is 0 Å². The molecule has 3 rings (SSSR count). The standard InChI is InChI=1S/C16H12ClN3/c1-11-5-2-3-7-13(11)20-14-8-4-6-12(10-18)16(14)19-15(20)9-17/h2-8H,9H2,1H3. The van der Waals surface area contributed by atoms with Crippen LogP contribution < -0.4 is 0 Å². The van der Waals surface area contributed by atoms with Gasteiger partial charge in [0.1, 0.15) is 17.4 Å². The van der Waals surface area contributed by atoms with Crippen LogP contribution in [0.25, 0.3) is 16.7 Å². The first-order valence-electron chi connectivity index (χ1n) is 6.28. The molecule has 0 spiro atoms. The lowest BCUT2D eigenvalue weighted by atomic mass is 10.1. The fourth-order valence-electron chi connectivity index (χ4n) is 2.41. The Balaban J connectivity index is 2.41. The van der Waals surface area contributed by atoms with Crippen LogP contribution in [0.1, 0.15) is 17.0 Å². The topological polar surface area (TPSA) is 41.6 Å². The van der Waals surface area contributed by atoms with Gasteiger partial charge in [-0.15, -0.1) is 11.6 Å². The lowest BCUT2D eigenvalue weighted by Gasteiger charge is -2.10. The normalized spacial score (nSPS) is 10.7. The summed E-state index contributed by atoms with van der Waals surface area (Å²) in [7, 11) is 0. The predicted molar refractivity (Wildman–Crippen MR) is 80.1 cm³/mol. The summed E-state index contributed by atoms with van der Waals surface area (Å²) in [4.78, 5) is 4.53. The highest BCUT2D eigenvalue weighted by Crippen LogP contribution is 2.26. The molecule has 3 aromatic rings. The molecule has 2 aromatic carbocycles. The highest BCUT2D eigenvalue weighted by Gasteiger charge is 2.15. The van der Waals surface area contributed by atoms with Gasteiger partial charge in [-0.05, 0) is 30.7 Å². The molecule has 0 saturated carbocycles. The zero-order valence-corrected chi connectivity index (χ0v) is 11.7. The van der Waals surface area contributed by atoms with E-state index < -0.39 is 0 Å². The third-order valence-corrected chi connectivity index (χ3v) is 3.59. The largest absolute Gasteiger partial charge is 0.295 e. The number of aryl methyl sites for hydroxylation is 1. The molecular weight excluding hydrogens is 270 g/mol. The number of aromatic nitrogens is 2. The van der Waals surface area contributed by atoms with Crippen molar-refractivity contribution in [3.05, 3.63) is 59.4 Å². The molecule has 0 unspecified atom stereocenters. The Morgan fingerprint density at radius 2 is 2.00 bits per heavy atom. The minimum absolute atomic E-state index is 0.299. The molecule has 1 aromatic heterocycles. The number of imidazole rings is 1. The van der Waals surface area contributed by atoms with Gasteiger partial charge in [0.15, 0.2) is 0 Å². The summed E-state index contributed by atoms with van der Waals surface area (Å²) < 4.78 is 2.03. The van der Waals surface area contributed by atoms with Crippen molar-refractivity contribution in [2.24, 2.45) is 0 Å². The summed E-state index contributed by atoms with van der Waals surface area (Å²) in [6, 6.07) is 15.9. The van der Waals surface area contributed by atoms with Crippen LogP contribution in [0.3, 0.4) is 0 Å². The number of hydrogen-bond donors (Lipinski definition) is 0. The van der Waals surface area contributed by atoms with E-state index in [9.17, 15) is 5.26 Å². The SMILES string of the molecule is Cc1ccccc1-n1c(CCl)nc2c(C#N)cccc21. The second kappa shape index (κ2) is 4.99. The maximum atomic E-state index is 9.20. The smallest absolute Gasteiger partial charge is 0.129 e. The molecule has 0 radical (unpaired) electrons. The quantitative estimate of drug-likeness (QED) is 0.668. The second-order valence-electron chi connectivity index (χ2n) is 4.57. The Hall–Kier alpha value is -2.31. The van der Waals surface area contributed by atoms with E-state index in [1.165, 1.54) is 0 Å². The third kappa shape index (κ3) is 1.86. The van der Waals surface area contributed by atoms with Crippen molar-refractivity contribution in [1.82, 2.24) is 9.55 Å². The molecule has 0 bridgehead atoms. The molecule has 0 aliphatic rings. The van der Waals surface area contributed by atoms with E-state index in [-0.39, 0.29) is 0 Å². The van der Waals surface area contributed by atoms with Gasteiger partial charge in [0.05, 0.1) is 22.6 Å². The zero-order chi connectivity index (χ0) is 14.1. The van der Waals surface area contributed by atoms with Gasteiger partial charge in [-0.3, -0.25) is 4.57 Å². The monoisotopic (exact) mass is 281 g/mol. The Bertz CT molecular complexity index is 827. The molecule has 0 aliphatic heterocycles. The molecule has 0 fully saturated rings. The lowest BCUT2D eigenvalue weighted by molar-refractivity contribution is 0.972. The maximum absolute atomic E-state index is 9.20. The Morgan fingerprint density at radius 1 is 1.20 bits per heavy atom. The fourth-order valence-corrected chi connectivity index (χ4v) is 2.59. The molecule has 0 saturated heterocycles. The van der Waals surface area contributed by atoms with Crippen molar-refractivity contribution in [2.45, 2.75) is 12.8 Å². The van der Waals surface area contributed by atoms with E-state index in [0.717, 1.165) is 22.6 Å². The van der Waals surface area contributed by atoms with E-state index in [1.807, 2.05) is 47.9 Å². The number of nitrogens with zero attached hydrogens (tertiary/aromatic N) is 3. The first kappa shape index (κ1) is 12.7. The number of nitriles is 1. The fraction of sp³-hybridized carbons (Fsp3) is 0.125. The average molecular weight is 282 g/mol. The van der Waals surface area contributed by atoms with Gasteiger partial charge in [-0.2, -0.15) is 5.26 Å².